The molecule has 0 saturated carbocycles. The third-order valence-electron chi connectivity index (χ3n) is 4.32. The lowest BCUT2D eigenvalue weighted by molar-refractivity contribution is 0.652. The topological polar surface area (TPSA) is 117 Å². The monoisotopic (exact) mass is 318 g/mol. The van der Waals surface area contributed by atoms with Crippen LogP contribution in [0.15, 0.2) is 48.5 Å². The first-order chi connectivity index (χ1) is 11.5. The van der Waals surface area contributed by atoms with E-state index in [0.29, 0.717) is 29.2 Å². The second-order valence-electron chi connectivity index (χ2n) is 5.98. The summed E-state index contributed by atoms with van der Waals surface area (Å²) in [6.45, 7) is 0. The van der Waals surface area contributed by atoms with Gasteiger partial charge in [0, 0.05) is 23.4 Å². The molecule has 1 heterocycles. The molecule has 0 unspecified atom stereocenters. The van der Waals surface area contributed by atoms with Gasteiger partial charge >= 0.3 is 0 Å². The smallest absolute Gasteiger partial charge is 0.195 e. The van der Waals surface area contributed by atoms with E-state index in [4.69, 9.17) is 27.7 Å². The number of rotatable bonds is 3. The van der Waals surface area contributed by atoms with Crippen LogP contribution in [0.2, 0.25) is 0 Å². The largest absolute Gasteiger partial charge is 0.446 e. The highest BCUT2D eigenvalue weighted by atomic mass is 16.6. The van der Waals surface area contributed by atoms with Crippen molar-refractivity contribution in [1.82, 2.24) is 0 Å². The van der Waals surface area contributed by atoms with Gasteiger partial charge in [-0.2, -0.15) is 0 Å². The number of nitrogens with two attached hydrogens (primary N) is 4. The van der Waals surface area contributed by atoms with Crippen LogP contribution in [0, 0.1) is 0 Å². The van der Waals surface area contributed by atoms with Gasteiger partial charge in [-0.1, -0.05) is 24.3 Å². The molecule has 1 aliphatic rings. The molecule has 0 fully saturated rings. The molecular weight excluding hydrogens is 300 g/mol. The first-order valence-electron chi connectivity index (χ1n) is 7.66. The number of ether oxygens (including phenoxy) is 1. The first-order valence-corrected chi connectivity index (χ1v) is 7.66. The Kier molecular flexibility index (Phi) is 3.03. The molecule has 0 bridgehead atoms. The van der Waals surface area contributed by atoms with Gasteiger partial charge in [0.15, 0.2) is 11.5 Å². The van der Waals surface area contributed by atoms with Gasteiger partial charge in [0.2, 0.25) is 0 Å². The third kappa shape index (κ3) is 2.27. The Morgan fingerprint density at radius 3 is 1.88 bits per heavy atom. The highest BCUT2D eigenvalue weighted by Gasteiger charge is 2.34. The summed E-state index contributed by atoms with van der Waals surface area (Å²) in [5, 5.41) is 0. The Hall–Kier alpha value is -3.34. The number of fused-ring (bicyclic) bond motifs is 1. The van der Waals surface area contributed by atoms with E-state index in [1.165, 1.54) is 0 Å². The lowest BCUT2D eigenvalue weighted by Crippen LogP contribution is -2.01. The van der Waals surface area contributed by atoms with Crippen LogP contribution in [0.4, 0.5) is 22.7 Å². The van der Waals surface area contributed by atoms with Crippen molar-refractivity contribution in [2.45, 2.75) is 6.42 Å². The summed E-state index contributed by atoms with van der Waals surface area (Å²) in [6, 6.07) is 15.4. The van der Waals surface area contributed by atoms with Gasteiger partial charge in [0.1, 0.15) is 5.69 Å². The van der Waals surface area contributed by atoms with E-state index in [0.717, 1.165) is 33.7 Å². The van der Waals surface area contributed by atoms with Crippen molar-refractivity contribution in [3.05, 3.63) is 59.7 Å². The Morgan fingerprint density at radius 1 is 0.667 bits per heavy atom. The van der Waals surface area contributed by atoms with Gasteiger partial charge in [-0.15, -0.1) is 0 Å². The van der Waals surface area contributed by atoms with Gasteiger partial charge in [-0.3, -0.25) is 0 Å². The summed E-state index contributed by atoms with van der Waals surface area (Å²) in [4.78, 5) is 0. The summed E-state index contributed by atoms with van der Waals surface area (Å²) in [5.41, 5.74) is 30.5. The van der Waals surface area contributed by atoms with Crippen molar-refractivity contribution in [2.24, 2.45) is 0 Å². The van der Waals surface area contributed by atoms with E-state index < -0.39 is 0 Å². The molecule has 24 heavy (non-hydrogen) atoms. The summed E-state index contributed by atoms with van der Waals surface area (Å²) in [5.74, 6) is 1.48. The van der Waals surface area contributed by atoms with Crippen LogP contribution in [-0.4, -0.2) is 0 Å². The minimum atomic E-state index is 0.509. The summed E-state index contributed by atoms with van der Waals surface area (Å²) in [7, 11) is 0. The zero-order valence-electron chi connectivity index (χ0n) is 13.0. The standard InChI is InChI=1S/C19H18N4O/c20-12-5-1-10(2-6-12)9-14-15(11-3-7-13(21)8-4-11)18-19(24-18)17(23)16(14)22/h1-8H,9,20-23H2. The van der Waals surface area contributed by atoms with Gasteiger partial charge in [0.05, 0.1) is 5.69 Å². The van der Waals surface area contributed by atoms with Crippen LogP contribution in [0.5, 0.6) is 11.5 Å². The molecule has 120 valence electrons. The van der Waals surface area contributed by atoms with Crippen LogP contribution < -0.4 is 27.7 Å². The second kappa shape index (κ2) is 5.09. The highest BCUT2D eigenvalue weighted by molar-refractivity contribution is 5.96. The zero-order valence-corrected chi connectivity index (χ0v) is 13.0. The number of hydrogen-bond acceptors (Lipinski definition) is 5. The molecule has 0 aromatic heterocycles. The van der Waals surface area contributed by atoms with E-state index in [9.17, 15) is 0 Å². The van der Waals surface area contributed by atoms with Crippen LogP contribution in [0.25, 0.3) is 11.1 Å². The molecule has 0 atom stereocenters. The average molecular weight is 318 g/mol. The van der Waals surface area contributed by atoms with Crippen molar-refractivity contribution in [3.8, 4) is 22.6 Å². The number of benzene rings is 3. The molecule has 1 aliphatic heterocycles. The van der Waals surface area contributed by atoms with E-state index in [1.54, 1.807) is 0 Å². The molecule has 0 amide bonds. The second-order valence-corrected chi connectivity index (χ2v) is 5.98. The molecule has 5 heteroatoms. The Balaban J connectivity index is 1.86. The van der Waals surface area contributed by atoms with E-state index in [2.05, 4.69) is 0 Å². The third-order valence-corrected chi connectivity index (χ3v) is 4.32. The van der Waals surface area contributed by atoms with E-state index >= 15 is 0 Å². The summed E-state index contributed by atoms with van der Waals surface area (Å²) in [6.07, 6.45) is 0.645. The van der Waals surface area contributed by atoms with Crippen molar-refractivity contribution < 1.29 is 4.74 Å². The SMILES string of the molecule is Nc1ccc(Cc2c(N)c(N)c3c(c2-c2ccc(N)cc2)O3)cc1. The minimum Gasteiger partial charge on any atom is -0.446 e. The predicted octanol–water partition coefficient (Wildman–Crippen LogP) is 3.38. The summed E-state index contributed by atoms with van der Waals surface area (Å²) >= 11 is 0. The van der Waals surface area contributed by atoms with Crippen LogP contribution >= 0.6 is 0 Å². The molecule has 4 rings (SSSR count). The molecule has 0 saturated heterocycles. The predicted molar refractivity (Wildman–Crippen MR) is 98.8 cm³/mol. The van der Waals surface area contributed by atoms with Gasteiger partial charge in [-0.25, -0.2) is 0 Å². The molecule has 8 N–H and O–H groups in total. The van der Waals surface area contributed by atoms with E-state index in [1.807, 2.05) is 48.5 Å². The molecule has 3 aromatic rings. The molecule has 0 spiro atoms. The molecule has 3 aromatic carbocycles. The van der Waals surface area contributed by atoms with Gasteiger partial charge < -0.3 is 27.7 Å². The van der Waals surface area contributed by atoms with Crippen molar-refractivity contribution in [3.63, 3.8) is 0 Å². The fraction of sp³-hybridized carbons (Fsp3) is 0.0526. The average Bonchev–Trinajstić information content (AvgIpc) is 3.36. The number of hydrogen-bond donors (Lipinski definition) is 4. The Bertz CT molecular complexity index is 931. The normalized spacial score (nSPS) is 11.7. The quantitative estimate of drug-likeness (QED) is 0.341. The Morgan fingerprint density at radius 2 is 1.25 bits per heavy atom. The van der Waals surface area contributed by atoms with Crippen LogP contribution in [-0.2, 0) is 6.42 Å². The lowest BCUT2D eigenvalue weighted by atomic mass is 9.92. The fourth-order valence-electron chi connectivity index (χ4n) is 2.95. The van der Waals surface area contributed by atoms with Crippen molar-refractivity contribution in [1.29, 1.82) is 0 Å². The summed E-state index contributed by atoms with van der Waals surface area (Å²) < 4.78 is 5.61. The van der Waals surface area contributed by atoms with Gasteiger partial charge in [-0.05, 0) is 41.0 Å². The molecule has 5 nitrogen and oxygen atoms in total. The van der Waals surface area contributed by atoms with Crippen molar-refractivity contribution in [2.75, 3.05) is 22.9 Å². The maximum atomic E-state index is 6.31. The minimum absolute atomic E-state index is 0.509. The molecule has 0 aliphatic carbocycles. The van der Waals surface area contributed by atoms with E-state index in [-0.39, 0.29) is 0 Å². The maximum Gasteiger partial charge on any atom is 0.195 e. The lowest BCUT2D eigenvalue weighted by Gasteiger charge is -2.13. The fourth-order valence-corrected chi connectivity index (χ4v) is 2.95. The first kappa shape index (κ1) is 14.3. The zero-order chi connectivity index (χ0) is 16.8. The van der Waals surface area contributed by atoms with Crippen molar-refractivity contribution >= 4 is 22.7 Å². The Labute approximate surface area is 139 Å². The van der Waals surface area contributed by atoms with Crippen LogP contribution in [0.1, 0.15) is 11.1 Å². The number of anilines is 4. The molecular formula is C19H18N4O. The highest BCUT2D eigenvalue weighted by Crippen LogP contribution is 2.60. The molecule has 0 radical (unpaired) electrons. The van der Waals surface area contributed by atoms with Gasteiger partial charge in [0.25, 0.3) is 0 Å². The van der Waals surface area contributed by atoms with Crippen LogP contribution in [0.3, 0.4) is 0 Å². The maximum absolute atomic E-state index is 6.31. The number of nitrogen functional groups attached to an aromatic ring is 4.